The summed E-state index contributed by atoms with van der Waals surface area (Å²) in [6.07, 6.45) is 0.213. The highest BCUT2D eigenvalue weighted by molar-refractivity contribution is 5.93. The number of halogens is 1. The third-order valence-corrected chi connectivity index (χ3v) is 5.74. The Kier molecular flexibility index (Phi) is 9.07. The molecule has 0 saturated heterocycles. The van der Waals surface area contributed by atoms with E-state index < -0.39 is 5.97 Å². The minimum Gasteiger partial charge on any atom is -0.462 e. The number of nitrogens with zero attached hydrogens (tertiary/aromatic N) is 1. The predicted molar refractivity (Wildman–Crippen MR) is 146 cm³/mol. The zero-order valence-corrected chi connectivity index (χ0v) is 21.1. The molecule has 0 spiro atoms. The van der Waals surface area contributed by atoms with Gasteiger partial charge in [0.25, 0.3) is 0 Å². The van der Waals surface area contributed by atoms with Gasteiger partial charge in [0, 0.05) is 37.0 Å². The Hall–Kier alpha value is -4.65. The van der Waals surface area contributed by atoms with Crippen LogP contribution >= 0.6 is 0 Å². The van der Waals surface area contributed by atoms with Crippen LogP contribution in [0.5, 0.6) is 11.5 Å². The first-order valence-corrected chi connectivity index (χ1v) is 12.4. The van der Waals surface area contributed by atoms with E-state index in [1.807, 2.05) is 54.6 Å². The van der Waals surface area contributed by atoms with Gasteiger partial charge in [0.05, 0.1) is 12.2 Å². The summed E-state index contributed by atoms with van der Waals surface area (Å²) in [6.45, 7) is 2.95. The Balaban J connectivity index is 1.45. The first-order chi connectivity index (χ1) is 18.5. The van der Waals surface area contributed by atoms with E-state index in [0.29, 0.717) is 36.7 Å². The van der Waals surface area contributed by atoms with Crippen LogP contribution in [-0.2, 0) is 16.1 Å². The van der Waals surface area contributed by atoms with Crippen molar-refractivity contribution >= 4 is 23.3 Å². The highest BCUT2D eigenvalue weighted by Crippen LogP contribution is 2.27. The van der Waals surface area contributed by atoms with E-state index in [1.165, 1.54) is 12.1 Å². The maximum atomic E-state index is 13.5. The van der Waals surface area contributed by atoms with Crippen LogP contribution in [0.1, 0.15) is 29.3 Å². The molecule has 0 saturated carbocycles. The van der Waals surface area contributed by atoms with Crippen LogP contribution in [0.3, 0.4) is 0 Å². The van der Waals surface area contributed by atoms with Crippen molar-refractivity contribution in [2.45, 2.75) is 19.9 Å². The van der Waals surface area contributed by atoms with Crippen LogP contribution in [-0.4, -0.2) is 25.0 Å². The smallest absolute Gasteiger partial charge is 0.338 e. The maximum absolute atomic E-state index is 13.5. The SMILES string of the molecule is CCOC(=O)c1ccc(NC(=O)CCN(Cc2ccc(F)cc2)c2cccc(Oc3ccccc3)c2)cc1. The topological polar surface area (TPSA) is 67.9 Å². The molecule has 0 aliphatic carbocycles. The lowest BCUT2D eigenvalue weighted by molar-refractivity contribution is -0.116. The number of para-hydroxylation sites is 1. The minimum absolute atomic E-state index is 0.172. The molecule has 7 heteroatoms. The van der Waals surface area contributed by atoms with Crippen LogP contribution in [0, 0.1) is 5.82 Å². The Bertz CT molecular complexity index is 1340. The van der Waals surface area contributed by atoms with E-state index in [1.54, 1.807) is 43.3 Å². The molecule has 194 valence electrons. The van der Waals surface area contributed by atoms with Crippen LogP contribution in [0.2, 0.25) is 0 Å². The van der Waals surface area contributed by atoms with Crippen LogP contribution in [0.4, 0.5) is 15.8 Å². The molecule has 0 aliphatic rings. The second kappa shape index (κ2) is 13.1. The number of amides is 1. The molecule has 0 bridgehead atoms. The standard InChI is InChI=1S/C31H29FN2O4/c1-2-37-31(36)24-13-17-26(18-14-24)33-30(35)19-20-34(22-23-11-15-25(32)16-12-23)27-7-6-10-29(21-27)38-28-8-4-3-5-9-28/h3-18,21H,2,19-20,22H2,1H3,(H,33,35). The van der Waals surface area contributed by atoms with Crippen molar-refractivity contribution in [3.8, 4) is 11.5 Å². The Morgan fingerprint density at radius 2 is 1.55 bits per heavy atom. The van der Waals surface area contributed by atoms with Crippen molar-refractivity contribution in [2.24, 2.45) is 0 Å². The Labute approximate surface area is 221 Å². The minimum atomic E-state index is -0.403. The summed E-state index contributed by atoms with van der Waals surface area (Å²) in [5.41, 5.74) is 2.80. The molecule has 0 radical (unpaired) electrons. The van der Waals surface area contributed by atoms with Crippen molar-refractivity contribution in [2.75, 3.05) is 23.4 Å². The number of hydrogen-bond donors (Lipinski definition) is 1. The average molecular weight is 513 g/mol. The first-order valence-electron chi connectivity index (χ1n) is 12.4. The van der Waals surface area contributed by atoms with Gasteiger partial charge < -0.3 is 19.7 Å². The summed E-state index contributed by atoms with van der Waals surface area (Å²) in [4.78, 5) is 26.7. The van der Waals surface area contributed by atoms with E-state index >= 15 is 0 Å². The number of esters is 1. The maximum Gasteiger partial charge on any atom is 0.338 e. The lowest BCUT2D eigenvalue weighted by Gasteiger charge is -2.25. The lowest BCUT2D eigenvalue weighted by atomic mass is 10.1. The largest absolute Gasteiger partial charge is 0.462 e. The van der Waals surface area contributed by atoms with E-state index in [0.717, 1.165) is 17.0 Å². The fraction of sp³-hybridized carbons (Fsp3) is 0.161. The molecule has 0 heterocycles. The van der Waals surface area contributed by atoms with Crippen molar-refractivity contribution in [3.63, 3.8) is 0 Å². The van der Waals surface area contributed by atoms with E-state index in [2.05, 4.69) is 10.2 Å². The molecule has 0 aliphatic heterocycles. The lowest BCUT2D eigenvalue weighted by Crippen LogP contribution is -2.27. The van der Waals surface area contributed by atoms with Crippen molar-refractivity contribution < 1.29 is 23.5 Å². The van der Waals surface area contributed by atoms with Crippen LogP contribution < -0.4 is 15.0 Å². The van der Waals surface area contributed by atoms with Gasteiger partial charge in [-0.2, -0.15) is 0 Å². The number of ether oxygens (including phenoxy) is 2. The monoisotopic (exact) mass is 512 g/mol. The number of hydrogen-bond acceptors (Lipinski definition) is 5. The Morgan fingerprint density at radius 3 is 2.26 bits per heavy atom. The van der Waals surface area contributed by atoms with Gasteiger partial charge in [-0.05, 0) is 73.2 Å². The summed E-state index contributed by atoms with van der Waals surface area (Å²) >= 11 is 0. The zero-order chi connectivity index (χ0) is 26.7. The van der Waals surface area contributed by atoms with Gasteiger partial charge in [-0.1, -0.05) is 36.4 Å². The van der Waals surface area contributed by atoms with Gasteiger partial charge in [-0.25, -0.2) is 9.18 Å². The average Bonchev–Trinajstić information content (AvgIpc) is 2.93. The van der Waals surface area contributed by atoms with E-state index in [-0.39, 0.29) is 18.1 Å². The zero-order valence-electron chi connectivity index (χ0n) is 21.1. The molecular formula is C31H29FN2O4. The van der Waals surface area contributed by atoms with Crippen LogP contribution in [0.25, 0.3) is 0 Å². The fourth-order valence-electron chi connectivity index (χ4n) is 3.84. The third-order valence-electron chi connectivity index (χ3n) is 5.74. The van der Waals surface area contributed by atoms with Gasteiger partial charge in [0.2, 0.25) is 5.91 Å². The second-order valence-electron chi connectivity index (χ2n) is 8.56. The Morgan fingerprint density at radius 1 is 0.842 bits per heavy atom. The third kappa shape index (κ3) is 7.67. The highest BCUT2D eigenvalue weighted by atomic mass is 19.1. The first kappa shape index (κ1) is 26.4. The molecule has 6 nitrogen and oxygen atoms in total. The molecule has 0 unspecified atom stereocenters. The summed E-state index contributed by atoms with van der Waals surface area (Å²) < 4.78 is 24.5. The molecule has 1 amide bonds. The van der Waals surface area contributed by atoms with E-state index in [9.17, 15) is 14.0 Å². The fourth-order valence-corrected chi connectivity index (χ4v) is 3.84. The molecule has 4 aromatic rings. The number of nitrogens with one attached hydrogen (secondary N) is 1. The summed E-state index contributed by atoms with van der Waals surface area (Å²) in [7, 11) is 0. The molecule has 1 N–H and O–H groups in total. The quantitative estimate of drug-likeness (QED) is 0.223. The second-order valence-corrected chi connectivity index (χ2v) is 8.56. The molecule has 0 atom stereocenters. The van der Waals surface area contributed by atoms with Crippen molar-refractivity contribution in [3.05, 3.63) is 120 Å². The van der Waals surface area contributed by atoms with Gasteiger partial charge in [-0.15, -0.1) is 0 Å². The molecule has 4 rings (SSSR count). The van der Waals surface area contributed by atoms with Crippen molar-refractivity contribution in [1.82, 2.24) is 0 Å². The number of carbonyl (C=O) groups excluding carboxylic acids is 2. The van der Waals surface area contributed by atoms with Crippen molar-refractivity contribution in [1.29, 1.82) is 0 Å². The molecule has 0 fully saturated rings. The molecular weight excluding hydrogens is 483 g/mol. The van der Waals surface area contributed by atoms with Gasteiger partial charge in [0.1, 0.15) is 17.3 Å². The van der Waals surface area contributed by atoms with Gasteiger partial charge >= 0.3 is 5.97 Å². The van der Waals surface area contributed by atoms with Gasteiger partial charge in [-0.3, -0.25) is 4.79 Å². The van der Waals surface area contributed by atoms with Crippen LogP contribution in [0.15, 0.2) is 103 Å². The number of rotatable bonds is 11. The van der Waals surface area contributed by atoms with Gasteiger partial charge in [0.15, 0.2) is 0 Å². The summed E-state index contributed by atoms with van der Waals surface area (Å²) in [6, 6.07) is 30.0. The molecule has 38 heavy (non-hydrogen) atoms. The molecule has 0 aromatic heterocycles. The predicted octanol–water partition coefficient (Wildman–Crippen LogP) is 6.83. The molecule has 4 aromatic carbocycles. The summed E-state index contributed by atoms with van der Waals surface area (Å²) in [5.74, 6) is 0.522. The van der Waals surface area contributed by atoms with E-state index in [4.69, 9.17) is 9.47 Å². The number of anilines is 2. The summed E-state index contributed by atoms with van der Waals surface area (Å²) in [5, 5.41) is 2.87. The normalized spacial score (nSPS) is 10.5. The highest BCUT2D eigenvalue weighted by Gasteiger charge is 2.13. The number of carbonyl (C=O) groups is 2. The number of benzene rings is 4.